The molecule has 94 valence electrons. The molecule has 0 aromatic heterocycles. The summed E-state index contributed by atoms with van der Waals surface area (Å²) < 4.78 is 44.5. The Hall–Kier alpha value is -1.72. The number of halogens is 3. The maximum atomic E-state index is 13.3. The number of alkyl halides is 2. The van der Waals surface area contributed by atoms with Gasteiger partial charge < -0.3 is 9.84 Å². The first kappa shape index (κ1) is 13.3. The van der Waals surface area contributed by atoms with E-state index in [9.17, 15) is 18.0 Å². The van der Waals surface area contributed by atoms with E-state index in [4.69, 9.17) is 9.84 Å². The van der Waals surface area contributed by atoms with Crippen molar-refractivity contribution < 1.29 is 27.8 Å². The van der Waals surface area contributed by atoms with Gasteiger partial charge in [-0.05, 0) is 26.0 Å². The van der Waals surface area contributed by atoms with Crippen LogP contribution in [0.1, 0.15) is 19.4 Å². The van der Waals surface area contributed by atoms with Gasteiger partial charge in [-0.15, -0.1) is 0 Å². The summed E-state index contributed by atoms with van der Waals surface area (Å²) in [5.74, 6) is -7.66. The number of carboxylic acids is 1. The smallest absolute Gasteiger partial charge is 0.379 e. The molecule has 0 aliphatic rings. The molecule has 6 heteroatoms. The Morgan fingerprint density at radius 2 is 2.00 bits per heavy atom. The van der Waals surface area contributed by atoms with Crippen LogP contribution in [-0.2, 0) is 10.7 Å². The zero-order valence-electron chi connectivity index (χ0n) is 9.21. The molecule has 0 saturated heterocycles. The van der Waals surface area contributed by atoms with Gasteiger partial charge in [-0.2, -0.15) is 8.78 Å². The summed E-state index contributed by atoms with van der Waals surface area (Å²) >= 11 is 0. The van der Waals surface area contributed by atoms with Crippen LogP contribution in [0.4, 0.5) is 13.2 Å². The monoisotopic (exact) mass is 248 g/mol. The normalized spacial score (nSPS) is 11.6. The number of carboxylic acid groups (broad SMARTS) is 1. The van der Waals surface area contributed by atoms with Gasteiger partial charge >= 0.3 is 11.9 Å². The average Bonchev–Trinajstić information content (AvgIpc) is 2.15. The third kappa shape index (κ3) is 2.89. The SMILES string of the molecule is CC(C)Oc1cc(F)ccc1C(F)(F)C(=O)O. The molecule has 1 N–H and O–H groups in total. The van der Waals surface area contributed by atoms with E-state index in [0.717, 1.165) is 12.1 Å². The molecule has 3 nitrogen and oxygen atoms in total. The Bertz CT molecular complexity index is 430. The fraction of sp³-hybridized carbons (Fsp3) is 0.364. The van der Waals surface area contributed by atoms with E-state index < -0.39 is 35.1 Å². The zero-order chi connectivity index (χ0) is 13.2. The lowest BCUT2D eigenvalue weighted by Gasteiger charge is -2.18. The summed E-state index contributed by atoms with van der Waals surface area (Å²) in [5, 5.41) is 8.42. The molecular weight excluding hydrogens is 237 g/mol. The molecule has 0 fully saturated rings. The maximum Gasteiger partial charge on any atom is 0.379 e. The Morgan fingerprint density at radius 1 is 1.41 bits per heavy atom. The summed E-state index contributed by atoms with van der Waals surface area (Å²) in [6.07, 6.45) is -0.472. The standard InChI is InChI=1S/C11H11F3O3/c1-6(2)17-9-5-7(12)3-4-8(9)11(13,14)10(15)16/h3-6H,1-2H3,(H,15,16). The molecule has 0 spiro atoms. The van der Waals surface area contributed by atoms with Gasteiger partial charge in [0.05, 0.1) is 11.7 Å². The second-order valence-corrected chi connectivity index (χ2v) is 3.69. The largest absolute Gasteiger partial charge is 0.490 e. The van der Waals surface area contributed by atoms with Crippen molar-refractivity contribution in [1.82, 2.24) is 0 Å². The predicted octanol–water partition coefficient (Wildman–Crippen LogP) is 2.79. The molecule has 1 aromatic rings. The third-order valence-corrected chi connectivity index (χ3v) is 1.91. The van der Waals surface area contributed by atoms with Gasteiger partial charge in [0.2, 0.25) is 0 Å². The van der Waals surface area contributed by atoms with Crippen LogP contribution in [0.2, 0.25) is 0 Å². The number of rotatable bonds is 4. The van der Waals surface area contributed by atoms with E-state index in [2.05, 4.69) is 0 Å². The fourth-order valence-corrected chi connectivity index (χ4v) is 1.22. The third-order valence-electron chi connectivity index (χ3n) is 1.91. The number of benzene rings is 1. The number of carbonyl (C=O) groups is 1. The van der Waals surface area contributed by atoms with Gasteiger partial charge in [0, 0.05) is 6.07 Å². The number of ether oxygens (including phenoxy) is 1. The fourth-order valence-electron chi connectivity index (χ4n) is 1.22. The highest BCUT2D eigenvalue weighted by Crippen LogP contribution is 2.36. The lowest BCUT2D eigenvalue weighted by Crippen LogP contribution is -2.26. The van der Waals surface area contributed by atoms with Crippen LogP contribution in [-0.4, -0.2) is 17.2 Å². The Morgan fingerprint density at radius 3 is 2.47 bits per heavy atom. The van der Waals surface area contributed by atoms with Gasteiger partial charge in [-0.3, -0.25) is 0 Å². The minimum atomic E-state index is -4.11. The molecule has 17 heavy (non-hydrogen) atoms. The van der Waals surface area contributed by atoms with Crippen LogP contribution >= 0.6 is 0 Å². The molecule has 0 aliphatic carbocycles. The predicted molar refractivity (Wildman–Crippen MR) is 53.7 cm³/mol. The topological polar surface area (TPSA) is 46.5 Å². The van der Waals surface area contributed by atoms with Crippen molar-refractivity contribution in [1.29, 1.82) is 0 Å². The van der Waals surface area contributed by atoms with Crippen molar-refractivity contribution in [2.75, 3.05) is 0 Å². The zero-order valence-corrected chi connectivity index (χ0v) is 9.21. The van der Waals surface area contributed by atoms with Gasteiger partial charge in [0.25, 0.3) is 0 Å². The van der Waals surface area contributed by atoms with Crippen LogP contribution in [0.15, 0.2) is 18.2 Å². The lowest BCUT2D eigenvalue weighted by atomic mass is 10.1. The lowest BCUT2D eigenvalue weighted by molar-refractivity contribution is -0.166. The Kier molecular flexibility index (Phi) is 3.65. The van der Waals surface area contributed by atoms with Crippen molar-refractivity contribution in [3.05, 3.63) is 29.6 Å². The second kappa shape index (κ2) is 4.65. The molecule has 0 amide bonds. The summed E-state index contributed by atoms with van der Waals surface area (Å²) in [5.41, 5.74) is -0.861. The highest BCUT2D eigenvalue weighted by atomic mass is 19.3. The second-order valence-electron chi connectivity index (χ2n) is 3.69. The molecule has 1 aromatic carbocycles. The molecule has 0 saturated carbocycles. The summed E-state index contributed by atoms with van der Waals surface area (Å²) in [7, 11) is 0. The van der Waals surface area contributed by atoms with Crippen molar-refractivity contribution in [3.8, 4) is 5.75 Å². The summed E-state index contributed by atoms with van der Waals surface area (Å²) in [6.45, 7) is 3.13. The molecule has 0 atom stereocenters. The summed E-state index contributed by atoms with van der Waals surface area (Å²) in [6, 6.07) is 2.22. The van der Waals surface area contributed by atoms with Crippen molar-refractivity contribution in [3.63, 3.8) is 0 Å². The van der Waals surface area contributed by atoms with Crippen LogP contribution in [0, 0.1) is 5.82 Å². The van der Waals surface area contributed by atoms with Crippen molar-refractivity contribution in [2.45, 2.75) is 25.9 Å². The molecular formula is C11H11F3O3. The molecule has 0 aliphatic heterocycles. The van der Waals surface area contributed by atoms with E-state index in [1.807, 2.05) is 0 Å². The van der Waals surface area contributed by atoms with Crippen LogP contribution in [0.3, 0.4) is 0 Å². The Labute approximate surface area is 95.8 Å². The highest BCUT2D eigenvalue weighted by Gasteiger charge is 2.43. The molecule has 0 unspecified atom stereocenters. The molecule has 1 rings (SSSR count). The number of hydrogen-bond donors (Lipinski definition) is 1. The van der Waals surface area contributed by atoms with Gasteiger partial charge in [-0.25, -0.2) is 9.18 Å². The maximum absolute atomic E-state index is 13.3. The first-order valence-corrected chi connectivity index (χ1v) is 4.83. The average molecular weight is 248 g/mol. The van der Waals surface area contributed by atoms with E-state index in [1.165, 1.54) is 0 Å². The van der Waals surface area contributed by atoms with Gasteiger partial charge in [-0.1, -0.05) is 0 Å². The first-order valence-electron chi connectivity index (χ1n) is 4.83. The molecule has 0 bridgehead atoms. The first-order chi connectivity index (χ1) is 7.75. The minimum absolute atomic E-state index is 0.465. The van der Waals surface area contributed by atoms with Gasteiger partial charge in [0.1, 0.15) is 11.6 Å². The summed E-state index contributed by atoms with van der Waals surface area (Å²) in [4.78, 5) is 10.4. The van der Waals surface area contributed by atoms with Crippen molar-refractivity contribution in [2.24, 2.45) is 0 Å². The van der Waals surface area contributed by atoms with E-state index in [1.54, 1.807) is 13.8 Å². The Balaban J connectivity index is 3.27. The van der Waals surface area contributed by atoms with E-state index in [-0.39, 0.29) is 0 Å². The quantitative estimate of drug-likeness (QED) is 0.891. The molecule has 0 heterocycles. The van der Waals surface area contributed by atoms with E-state index >= 15 is 0 Å². The highest BCUT2D eigenvalue weighted by molar-refractivity contribution is 5.78. The van der Waals surface area contributed by atoms with Crippen LogP contribution in [0.25, 0.3) is 0 Å². The molecule has 0 radical (unpaired) electrons. The van der Waals surface area contributed by atoms with E-state index in [0.29, 0.717) is 6.07 Å². The van der Waals surface area contributed by atoms with Crippen LogP contribution in [0.5, 0.6) is 5.75 Å². The number of hydrogen-bond acceptors (Lipinski definition) is 2. The van der Waals surface area contributed by atoms with Crippen molar-refractivity contribution >= 4 is 5.97 Å². The minimum Gasteiger partial charge on any atom is -0.490 e. The number of aliphatic carboxylic acids is 1. The van der Waals surface area contributed by atoms with Crippen LogP contribution < -0.4 is 4.74 Å². The van der Waals surface area contributed by atoms with Gasteiger partial charge in [0.15, 0.2) is 0 Å².